The number of rotatable bonds is 4. The zero-order chi connectivity index (χ0) is 17.0. The lowest BCUT2D eigenvalue weighted by Crippen LogP contribution is -2.22. The van der Waals surface area contributed by atoms with Crippen LogP contribution in [0.15, 0.2) is 40.9 Å². The summed E-state index contributed by atoms with van der Waals surface area (Å²) >= 11 is 3.38. The highest BCUT2D eigenvalue weighted by atomic mass is 79.9. The lowest BCUT2D eigenvalue weighted by atomic mass is 10.1. The fraction of sp³-hybridized carbons (Fsp3) is 0.222. The van der Waals surface area contributed by atoms with Gasteiger partial charge in [0.25, 0.3) is 0 Å². The van der Waals surface area contributed by atoms with E-state index in [1.54, 1.807) is 6.07 Å². The summed E-state index contributed by atoms with van der Waals surface area (Å²) in [6.45, 7) is 5.75. The van der Waals surface area contributed by atoms with Crippen molar-refractivity contribution in [3.05, 3.63) is 57.6 Å². The molecule has 23 heavy (non-hydrogen) atoms. The largest absolute Gasteiger partial charge is 0.325 e. The van der Waals surface area contributed by atoms with Crippen LogP contribution in [0.25, 0.3) is 0 Å². The smallest absolute Gasteiger partial charge is 0.233 e. The first-order chi connectivity index (χ1) is 10.9. The van der Waals surface area contributed by atoms with Gasteiger partial charge in [0, 0.05) is 15.8 Å². The Bertz CT molecular complexity index is 736. The average molecular weight is 375 g/mol. The Hall–Kier alpha value is -2.14. The molecule has 0 aromatic heterocycles. The van der Waals surface area contributed by atoms with Crippen molar-refractivity contribution in [1.82, 2.24) is 0 Å². The fourth-order valence-corrected chi connectivity index (χ4v) is 2.78. The highest BCUT2D eigenvalue weighted by Crippen LogP contribution is 2.21. The van der Waals surface area contributed by atoms with Gasteiger partial charge in [-0.25, -0.2) is 0 Å². The molecule has 0 saturated heterocycles. The highest BCUT2D eigenvalue weighted by molar-refractivity contribution is 9.10. The van der Waals surface area contributed by atoms with Gasteiger partial charge in [-0.2, -0.15) is 0 Å². The van der Waals surface area contributed by atoms with Crippen LogP contribution in [-0.4, -0.2) is 11.8 Å². The van der Waals surface area contributed by atoms with Crippen LogP contribution in [0.3, 0.4) is 0 Å². The molecule has 4 nitrogen and oxygen atoms in total. The number of halogens is 1. The summed E-state index contributed by atoms with van der Waals surface area (Å²) in [5.74, 6) is -0.658. The molecule has 0 unspecified atom stereocenters. The Morgan fingerprint density at radius 1 is 0.913 bits per heavy atom. The van der Waals surface area contributed by atoms with Gasteiger partial charge in [0.05, 0.1) is 0 Å². The first kappa shape index (κ1) is 17.2. The number of benzene rings is 2. The molecule has 0 radical (unpaired) electrons. The van der Waals surface area contributed by atoms with Gasteiger partial charge in [-0.05, 0) is 55.7 Å². The fourth-order valence-electron chi connectivity index (χ4n) is 2.30. The highest BCUT2D eigenvalue weighted by Gasteiger charge is 2.13. The van der Waals surface area contributed by atoms with E-state index in [1.165, 1.54) is 0 Å². The van der Waals surface area contributed by atoms with Gasteiger partial charge in [-0.3, -0.25) is 9.59 Å². The number of nitrogens with one attached hydrogen (secondary N) is 2. The van der Waals surface area contributed by atoms with E-state index in [1.807, 2.05) is 51.1 Å². The molecule has 0 heterocycles. The van der Waals surface area contributed by atoms with E-state index >= 15 is 0 Å². The Labute approximate surface area is 144 Å². The van der Waals surface area contributed by atoms with Gasteiger partial charge in [-0.1, -0.05) is 34.1 Å². The minimum absolute atomic E-state index is 0.219. The van der Waals surface area contributed by atoms with E-state index in [2.05, 4.69) is 26.6 Å². The second-order valence-corrected chi connectivity index (χ2v) is 6.41. The van der Waals surface area contributed by atoms with Gasteiger partial charge < -0.3 is 10.6 Å². The Kier molecular flexibility index (Phi) is 5.55. The molecular formula is C18H19BrN2O2. The maximum Gasteiger partial charge on any atom is 0.233 e. The molecule has 2 rings (SSSR count). The number of carbonyl (C=O) groups excluding carboxylic acids is 2. The Morgan fingerprint density at radius 3 is 2.13 bits per heavy atom. The van der Waals surface area contributed by atoms with Crippen LogP contribution in [0, 0.1) is 20.8 Å². The average Bonchev–Trinajstić information content (AvgIpc) is 2.46. The van der Waals surface area contributed by atoms with Crippen LogP contribution < -0.4 is 10.6 Å². The molecule has 2 aromatic rings. The molecule has 2 aromatic carbocycles. The summed E-state index contributed by atoms with van der Waals surface area (Å²) in [6, 6.07) is 11.3. The number of amides is 2. The second-order valence-electron chi connectivity index (χ2n) is 5.50. The molecule has 2 N–H and O–H groups in total. The maximum absolute atomic E-state index is 12.1. The first-order valence-electron chi connectivity index (χ1n) is 7.29. The van der Waals surface area contributed by atoms with Crippen molar-refractivity contribution in [3.63, 3.8) is 0 Å². The number of hydrogen-bond donors (Lipinski definition) is 2. The van der Waals surface area contributed by atoms with Crippen LogP contribution in [-0.2, 0) is 9.59 Å². The third-order valence-corrected chi connectivity index (χ3v) is 4.02. The molecule has 0 spiro atoms. The van der Waals surface area contributed by atoms with Crippen molar-refractivity contribution in [2.45, 2.75) is 27.2 Å². The van der Waals surface area contributed by atoms with Crippen molar-refractivity contribution >= 4 is 39.1 Å². The van der Waals surface area contributed by atoms with E-state index in [9.17, 15) is 9.59 Å². The molecular weight excluding hydrogens is 356 g/mol. The normalized spacial score (nSPS) is 10.3. The molecule has 0 aliphatic rings. The lowest BCUT2D eigenvalue weighted by molar-refractivity contribution is -0.123. The topological polar surface area (TPSA) is 58.2 Å². The van der Waals surface area contributed by atoms with Gasteiger partial charge >= 0.3 is 0 Å². The van der Waals surface area contributed by atoms with Crippen LogP contribution >= 0.6 is 15.9 Å². The van der Waals surface area contributed by atoms with Crippen molar-refractivity contribution < 1.29 is 9.59 Å². The molecule has 0 atom stereocenters. The predicted molar refractivity (Wildman–Crippen MR) is 96.7 cm³/mol. The predicted octanol–water partition coefficient (Wildman–Crippen LogP) is 4.34. The van der Waals surface area contributed by atoms with E-state index in [4.69, 9.17) is 0 Å². The number of para-hydroxylation sites is 1. The van der Waals surface area contributed by atoms with Gasteiger partial charge in [0.1, 0.15) is 6.42 Å². The number of aryl methyl sites for hydroxylation is 3. The molecule has 5 heteroatoms. The van der Waals surface area contributed by atoms with E-state index < -0.39 is 0 Å². The minimum atomic E-state index is -0.334. The van der Waals surface area contributed by atoms with Crippen molar-refractivity contribution in [1.29, 1.82) is 0 Å². The van der Waals surface area contributed by atoms with Gasteiger partial charge in [0.15, 0.2) is 0 Å². The summed E-state index contributed by atoms with van der Waals surface area (Å²) in [5, 5.41) is 5.57. The zero-order valence-electron chi connectivity index (χ0n) is 13.4. The van der Waals surface area contributed by atoms with Crippen LogP contribution in [0.5, 0.6) is 0 Å². The molecule has 2 amide bonds. The maximum atomic E-state index is 12.1. The van der Waals surface area contributed by atoms with Crippen LogP contribution in [0.2, 0.25) is 0 Å². The lowest BCUT2D eigenvalue weighted by Gasteiger charge is -2.12. The van der Waals surface area contributed by atoms with Crippen molar-refractivity contribution in [2.75, 3.05) is 10.6 Å². The molecule has 0 bridgehead atoms. The summed E-state index contributed by atoms with van der Waals surface area (Å²) < 4.78 is 0.945. The molecule has 0 saturated carbocycles. The standard InChI is InChI=1S/C18H19BrN2O2/c1-11-5-4-6-12(2)18(11)21-17(23)10-16(22)20-15-8-7-14(19)9-13(15)3/h4-9H,10H2,1-3H3,(H,20,22)(H,21,23). The van der Waals surface area contributed by atoms with Crippen LogP contribution in [0.4, 0.5) is 11.4 Å². The van der Waals surface area contributed by atoms with E-state index in [-0.39, 0.29) is 18.2 Å². The third kappa shape index (κ3) is 4.66. The van der Waals surface area contributed by atoms with E-state index in [0.717, 1.165) is 26.9 Å². The van der Waals surface area contributed by atoms with Gasteiger partial charge in [0.2, 0.25) is 11.8 Å². The minimum Gasteiger partial charge on any atom is -0.325 e. The number of anilines is 2. The van der Waals surface area contributed by atoms with Gasteiger partial charge in [-0.15, -0.1) is 0 Å². The van der Waals surface area contributed by atoms with E-state index in [0.29, 0.717) is 5.69 Å². The monoisotopic (exact) mass is 374 g/mol. The Morgan fingerprint density at radius 2 is 1.52 bits per heavy atom. The summed E-state index contributed by atoms with van der Waals surface area (Å²) in [5.41, 5.74) is 4.36. The van der Waals surface area contributed by atoms with Crippen molar-refractivity contribution in [3.8, 4) is 0 Å². The second kappa shape index (κ2) is 7.42. The van der Waals surface area contributed by atoms with Crippen molar-refractivity contribution in [2.24, 2.45) is 0 Å². The molecule has 0 aliphatic carbocycles. The number of hydrogen-bond acceptors (Lipinski definition) is 2. The summed E-state index contributed by atoms with van der Waals surface area (Å²) in [7, 11) is 0. The van der Waals surface area contributed by atoms with Crippen LogP contribution in [0.1, 0.15) is 23.1 Å². The summed E-state index contributed by atoms with van der Waals surface area (Å²) in [6.07, 6.45) is -0.219. The molecule has 0 aliphatic heterocycles. The SMILES string of the molecule is Cc1cc(Br)ccc1NC(=O)CC(=O)Nc1c(C)cccc1C. The molecule has 120 valence electrons. The third-order valence-electron chi connectivity index (χ3n) is 3.53. The zero-order valence-corrected chi connectivity index (χ0v) is 15.0. The quantitative estimate of drug-likeness (QED) is 0.781. The summed E-state index contributed by atoms with van der Waals surface area (Å²) in [4.78, 5) is 24.1. The Balaban J connectivity index is 1.99. The first-order valence-corrected chi connectivity index (χ1v) is 8.08. The molecule has 0 fully saturated rings. The number of carbonyl (C=O) groups is 2.